The van der Waals surface area contributed by atoms with Crippen molar-refractivity contribution in [2.24, 2.45) is 0 Å². The Labute approximate surface area is 149 Å². The number of hydrogen-bond acceptors (Lipinski definition) is 6. The van der Waals surface area contributed by atoms with Crippen LogP contribution in [0.2, 0.25) is 5.02 Å². The van der Waals surface area contributed by atoms with E-state index < -0.39 is 10.9 Å². The molecule has 25 heavy (non-hydrogen) atoms. The Morgan fingerprint density at radius 2 is 1.72 bits per heavy atom. The minimum absolute atomic E-state index is 0.0228. The molecule has 0 fully saturated rings. The normalized spacial score (nSPS) is 10.2. The summed E-state index contributed by atoms with van der Waals surface area (Å²) >= 11 is 5.88. The molecule has 8 heteroatoms. The summed E-state index contributed by atoms with van der Waals surface area (Å²) in [6.45, 7) is 2.58. The molecular weight excluding hydrogens is 350 g/mol. The number of esters is 1. The third kappa shape index (κ3) is 5.36. The molecule has 0 unspecified atom stereocenters. The van der Waals surface area contributed by atoms with Gasteiger partial charge >= 0.3 is 5.97 Å². The van der Waals surface area contributed by atoms with Gasteiger partial charge in [0.1, 0.15) is 24.7 Å². The first-order valence-electron chi connectivity index (χ1n) is 7.48. The molecule has 0 atom stereocenters. The first-order valence-corrected chi connectivity index (χ1v) is 7.85. The van der Waals surface area contributed by atoms with Crippen molar-refractivity contribution < 1.29 is 23.9 Å². The van der Waals surface area contributed by atoms with Gasteiger partial charge in [0.15, 0.2) is 0 Å². The lowest BCUT2D eigenvalue weighted by Crippen LogP contribution is -2.13. The molecule has 2 rings (SSSR count). The van der Waals surface area contributed by atoms with Crippen LogP contribution in [0.3, 0.4) is 0 Å². The predicted octanol–water partition coefficient (Wildman–Crippen LogP) is 3.88. The maximum atomic E-state index is 12.0. The van der Waals surface area contributed by atoms with Gasteiger partial charge in [-0.3, -0.25) is 10.1 Å². The van der Waals surface area contributed by atoms with E-state index in [2.05, 4.69) is 0 Å². The molecule has 0 saturated heterocycles. The van der Waals surface area contributed by atoms with Gasteiger partial charge in [-0.1, -0.05) is 11.6 Å². The third-order valence-corrected chi connectivity index (χ3v) is 3.43. The smallest absolute Gasteiger partial charge is 0.340 e. The molecule has 2 aromatic rings. The molecule has 0 aliphatic rings. The number of ether oxygens (including phenoxy) is 3. The zero-order chi connectivity index (χ0) is 18.2. The number of benzene rings is 2. The van der Waals surface area contributed by atoms with Crippen LogP contribution >= 0.6 is 11.6 Å². The van der Waals surface area contributed by atoms with E-state index in [9.17, 15) is 14.9 Å². The second kappa shape index (κ2) is 8.89. The Bertz CT molecular complexity index is 747. The molecule has 0 amide bonds. The van der Waals surface area contributed by atoms with Crippen LogP contribution in [0.5, 0.6) is 11.5 Å². The lowest BCUT2D eigenvalue weighted by Gasteiger charge is -2.09. The van der Waals surface area contributed by atoms with Crippen LogP contribution in [0, 0.1) is 10.1 Å². The summed E-state index contributed by atoms with van der Waals surface area (Å²) in [5, 5.41) is 10.8. The summed E-state index contributed by atoms with van der Waals surface area (Å²) in [4.78, 5) is 22.1. The average molecular weight is 366 g/mol. The van der Waals surface area contributed by atoms with Gasteiger partial charge in [0, 0.05) is 12.1 Å². The van der Waals surface area contributed by atoms with Crippen molar-refractivity contribution in [2.45, 2.75) is 6.92 Å². The molecule has 132 valence electrons. The second-order valence-electron chi connectivity index (χ2n) is 4.81. The second-order valence-corrected chi connectivity index (χ2v) is 5.22. The van der Waals surface area contributed by atoms with Gasteiger partial charge in [0.25, 0.3) is 5.69 Å². The monoisotopic (exact) mass is 365 g/mol. The highest BCUT2D eigenvalue weighted by molar-refractivity contribution is 6.33. The van der Waals surface area contributed by atoms with Gasteiger partial charge < -0.3 is 14.2 Å². The minimum atomic E-state index is -0.746. The number of hydrogen-bond donors (Lipinski definition) is 0. The number of halogens is 1. The Balaban J connectivity index is 1.84. The quantitative estimate of drug-likeness (QED) is 0.305. The number of carbonyl (C=O) groups excluding carboxylic acids is 1. The average Bonchev–Trinajstić information content (AvgIpc) is 2.60. The van der Waals surface area contributed by atoms with Crippen LogP contribution in [0.15, 0.2) is 42.5 Å². The Morgan fingerprint density at radius 1 is 1.08 bits per heavy atom. The summed E-state index contributed by atoms with van der Waals surface area (Å²) in [5.74, 6) is 0.596. The predicted molar refractivity (Wildman–Crippen MR) is 91.5 cm³/mol. The number of non-ortho nitro benzene ring substituents is 1. The van der Waals surface area contributed by atoms with Gasteiger partial charge in [-0.05, 0) is 37.3 Å². The fourth-order valence-electron chi connectivity index (χ4n) is 1.95. The van der Waals surface area contributed by atoms with E-state index >= 15 is 0 Å². The van der Waals surface area contributed by atoms with Gasteiger partial charge in [0.2, 0.25) is 0 Å². The SMILES string of the molecule is CCOc1ccc(OCCOC(=O)c2cc([N+](=O)[O-])ccc2Cl)cc1. The number of nitro groups is 1. The molecule has 0 saturated carbocycles. The van der Waals surface area contributed by atoms with Crippen LogP contribution < -0.4 is 9.47 Å². The van der Waals surface area contributed by atoms with E-state index in [4.69, 9.17) is 25.8 Å². The highest BCUT2D eigenvalue weighted by Gasteiger charge is 2.17. The largest absolute Gasteiger partial charge is 0.494 e. The van der Waals surface area contributed by atoms with Crippen LogP contribution in [0.25, 0.3) is 0 Å². The van der Waals surface area contributed by atoms with Crippen molar-refractivity contribution in [1.29, 1.82) is 0 Å². The Morgan fingerprint density at radius 3 is 2.32 bits per heavy atom. The number of carbonyl (C=O) groups is 1. The van der Waals surface area contributed by atoms with Crippen molar-refractivity contribution in [1.82, 2.24) is 0 Å². The number of rotatable bonds is 8. The summed E-state index contributed by atoms with van der Waals surface area (Å²) in [6.07, 6.45) is 0. The minimum Gasteiger partial charge on any atom is -0.494 e. The summed E-state index contributed by atoms with van der Waals surface area (Å²) < 4.78 is 15.8. The molecule has 0 N–H and O–H groups in total. The molecule has 0 spiro atoms. The third-order valence-electron chi connectivity index (χ3n) is 3.10. The standard InChI is InChI=1S/C17H16ClNO6/c1-2-23-13-4-6-14(7-5-13)24-9-10-25-17(20)15-11-12(19(21)22)3-8-16(15)18/h3-8,11H,2,9-10H2,1H3. The molecule has 0 aliphatic carbocycles. The lowest BCUT2D eigenvalue weighted by molar-refractivity contribution is -0.384. The van der Waals surface area contributed by atoms with Gasteiger partial charge in [0.05, 0.1) is 22.1 Å². The van der Waals surface area contributed by atoms with Crippen LogP contribution in [-0.2, 0) is 4.74 Å². The van der Waals surface area contributed by atoms with E-state index in [0.29, 0.717) is 12.4 Å². The van der Waals surface area contributed by atoms with Crippen LogP contribution in [-0.4, -0.2) is 30.7 Å². The van der Waals surface area contributed by atoms with Crippen LogP contribution in [0.4, 0.5) is 5.69 Å². The topological polar surface area (TPSA) is 87.9 Å². The van der Waals surface area contributed by atoms with Gasteiger partial charge in [-0.25, -0.2) is 4.79 Å². The van der Waals surface area contributed by atoms with Gasteiger partial charge in [-0.2, -0.15) is 0 Å². The molecule has 2 aromatic carbocycles. The molecule has 0 bridgehead atoms. The van der Waals surface area contributed by atoms with E-state index in [-0.39, 0.29) is 29.5 Å². The number of nitro benzene ring substituents is 1. The molecular formula is C17H16ClNO6. The first-order chi connectivity index (χ1) is 12.0. The summed E-state index contributed by atoms with van der Waals surface area (Å²) in [5.41, 5.74) is -0.293. The van der Waals surface area contributed by atoms with E-state index in [1.165, 1.54) is 12.1 Å². The molecule has 0 radical (unpaired) electrons. The summed E-state index contributed by atoms with van der Waals surface area (Å²) in [7, 11) is 0. The Kier molecular flexibility index (Phi) is 6.59. The molecule has 0 aliphatic heterocycles. The zero-order valence-corrected chi connectivity index (χ0v) is 14.2. The highest BCUT2D eigenvalue weighted by atomic mass is 35.5. The first kappa shape index (κ1) is 18.5. The molecule has 0 aromatic heterocycles. The van der Waals surface area contributed by atoms with Crippen molar-refractivity contribution in [3.63, 3.8) is 0 Å². The van der Waals surface area contributed by atoms with Gasteiger partial charge in [-0.15, -0.1) is 0 Å². The van der Waals surface area contributed by atoms with Crippen LogP contribution in [0.1, 0.15) is 17.3 Å². The Hall–Kier alpha value is -2.80. The summed E-state index contributed by atoms with van der Waals surface area (Å²) in [6, 6.07) is 10.6. The van der Waals surface area contributed by atoms with E-state index in [1.54, 1.807) is 24.3 Å². The maximum absolute atomic E-state index is 12.0. The molecule has 0 heterocycles. The maximum Gasteiger partial charge on any atom is 0.340 e. The zero-order valence-electron chi connectivity index (χ0n) is 13.4. The van der Waals surface area contributed by atoms with Crippen molar-refractivity contribution in [3.05, 3.63) is 63.2 Å². The highest BCUT2D eigenvalue weighted by Crippen LogP contribution is 2.23. The van der Waals surface area contributed by atoms with E-state index in [1.807, 2.05) is 6.92 Å². The fourth-order valence-corrected chi connectivity index (χ4v) is 2.15. The van der Waals surface area contributed by atoms with Crippen molar-refractivity contribution >= 4 is 23.3 Å². The van der Waals surface area contributed by atoms with Crippen molar-refractivity contribution in [3.8, 4) is 11.5 Å². The van der Waals surface area contributed by atoms with E-state index in [0.717, 1.165) is 11.8 Å². The fraction of sp³-hybridized carbons (Fsp3) is 0.235. The van der Waals surface area contributed by atoms with Crippen molar-refractivity contribution in [2.75, 3.05) is 19.8 Å². The molecule has 7 nitrogen and oxygen atoms in total. The number of nitrogens with zero attached hydrogens (tertiary/aromatic N) is 1. The lowest BCUT2D eigenvalue weighted by atomic mass is 10.2.